The van der Waals surface area contributed by atoms with Crippen LogP contribution in [0.25, 0.3) is 0 Å². The number of amides is 1. The van der Waals surface area contributed by atoms with Gasteiger partial charge in [-0.15, -0.1) is 0 Å². The highest BCUT2D eigenvalue weighted by Crippen LogP contribution is 2.30. The number of halogens is 3. The normalized spacial score (nSPS) is 13.4. The van der Waals surface area contributed by atoms with Gasteiger partial charge in [-0.25, -0.2) is 4.79 Å². The molecule has 2 aromatic carbocycles. The van der Waals surface area contributed by atoms with Gasteiger partial charge in [-0.1, -0.05) is 24.3 Å². The molecule has 0 bridgehead atoms. The van der Waals surface area contributed by atoms with Crippen molar-refractivity contribution in [2.24, 2.45) is 0 Å². The van der Waals surface area contributed by atoms with Crippen molar-refractivity contribution >= 4 is 17.6 Å². The highest BCUT2D eigenvalue weighted by Gasteiger charge is 2.31. The predicted octanol–water partition coefficient (Wildman–Crippen LogP) is 2.46. The largest absolute Gasteiger partial charge is 0.480 e. The SMILES string of the molecule is O=C(O)[C@H](Cc1ccc([N+](=O)[O-])cc1)NC(=O)[C@H](O)c1ccc(C(F)(F)F)cc1. The minimum absolute atomic E-state index is 0.144. The molecule has 0 saturated heterocycles. The molecule has 0 radical (unpaired) electrons. The summed E-state index contributed by atoms with van der Waals surface area (Å²) >= 11 is 0. The first-order chi connectivity index (χ1) is 13.5. The van der Waals surface area contributed by atoms with Crippen LogP contribution in [-0.2, 0) is 22.2 Å². The number of alkyl halides is 3. The van der Waals surface area contributed by atoms with E-state index in [-0.39, 0.29) is 17.7 Å². The van der Waals surface area contributed by atoms with E-state index in [0.717, 1.165) is 12.1 Å². The number of benzene rings is 2. The van der Waals surface area contributed by atoms with Gasteiger partial charge in [0.25, 0.3) is 11.6 Å². The number of hydrogen-bond donors (Lipinski definition) is 3. The Hall–Kier alpha value is -3.47. The average Bonchev–Trinajstić information content (AvgIpc) is 2.66. The zero-order chi connectivity index (χ0) is 21.8. The second kappa shape index (κ2) is 8.69. The molecule has 3 N–H and O–H groups in total. The molecule has 0 saturated carbocycles. The van der Waals surface area contributed by atoms with Gasteiger partial charge in [-0.2, -0.15) is 13.2 Å². The third-order valence-corrected chi connectivity index (χ3v) is 4.00. The summed E-state index contributed by atoms with van der Waals surface area (Å²) in [5.74, 6) is -2.53. The summed E-state index contributed by atoms with van der Waals surface area (Å²) in [6.07, 6.45) is -6.68. The molecule has 0 unspecified atom stereocenters. The summed E-state index contributed by atoms with van der Waals surface area (Å²) in [7, 11) is 0. The van der Waals surface area contributed by atoms with Crippen molar-refractivity contribution in [2.75, 3.05) is 0 Å². The van der Waals surface area contributed by atoms with Crippen LogP contribution >= 0.6 is 0 Å². The van der Waals surface area contributed by atoms with Crippen molar-refractivity contribution in [3.8, 4) is 0 Å². The Bertz CT molecular complexity index is 897. The van der Waals surface area contributed by atoms with E-state index >= 15 is 0 Å². The monoisotopic (exact) mass is 412 g/mol. The standard InChI is InChI=1S/C18H15F3N2O6/c19-18(20,21)12-5-3-11(4-6-12)15(24)16(25)22-14(17(26)27)9-10-1-7-13(8-2-10)23(28)29/h1-8,14-15,24H,9H2,(H,22,25)(H,26,27)/t14-,15+/m0/s1. The number of hydrogen-bond acceptors (Lipinski definition) is 5. The number of aliphatic hydroxyl groups is 1. The van der Waals surface area contributed by atoms with Crippen LogP contribution < -0.4 is 5.32 Å². The molecule has 1 amide bonds. The number of aliphatic hydroxyl groups excluding tert-OH is 1. The molecule has 29 heavy (non-hydrogen) atoms. The molecule has 154 valence electrons. The summed E-state index contributed by atoms with van der Waals surface area (Å²) in [6, 6.07) is 6.75. The smallest absolute Gasteiger partial charge is 0.416 e. The Morgan fingerprint density at radius 2 is 1.62 bits per heavy atom. The van der Waals surface area contributed by atoms with Crippen LogP contribution in [0.3, 0.4) is 0 Å². The fraction of sp³-hybridized carbons (Fsp3) is 0.222. The van der Waals surface area contributed by atoms with Gasteiger partial charge < -0.3 is 15.5 Å². The van der Waals surface area contributed by atoms with Gasteiger partial charge in [-0.05, 0) is 23.3 Å². The number of carbonyl (C=O) groups is 2. The van der Waals surface area contributed by atoms with Crippen LogP contribution in [0.2, 0.25) is 0 Å². The molecule has 2 atom stereocenters. The van der Waals surface area contributed by atoms with E-state index in [2.05, 4.69) is 5.32 Å². The highest BCUT2D eigenvalue weighted by atomic mass is 19.4. The van der Waals surface area contributed by atoms with Crippen LogP contribution in [0.4, 0.5) is 18.9 Å². The summed E-state index contributed by atoms with van der Waals surface area (Å²) in [4.78, 5) is 33.6. The Balaban J connectivity index is 2.08. The van der Waals surface area contributed by atoms with E-state index in [1.807, 2.05) is 0 Å². The number of nitro groups is 1. The number of carboxylic acid groups (broad SMARTS) is 1. The molecule has 0 aliphatic carbocycles. The van der Waals surface area contributed by atoms with Crippen LogP contribution in [0.1, 0.15) is 22.8 Å². The summed E-state index contributed by atoms with van der Waals surface area (Å²) in [6.45, 7) is 0. The maximum Gasteiger partial charge on any atom is 0.416 e. The lowest BCUT2D eigenvalue weighted by Gasteiger charge is -2.18. The Morgan fingerprint density at radius 1 is 1.07 bits per heavy atom. The Labute approximate surface area is 161 Å². The number of nitrogens with one attached hydrogen (secondary N) is 1. The minimum atomic E-state index is -4.58. The lowest BCUT2D eigenvalue weighted by Crippen LogP contribution is -2.44. The molecular weight excluding hydrogens is 397 g/mol. The Kier molecular flexibility index (Phi) is 6.54. The highest BCUT2D eigenvalue weighted by molar-refractivity contribution is 5.87. The Morgan fingerprint density at radius 3 is 2.07 bits per heavy atom. The van der Waals surface area contributed by atoms with Gasteiger partial charge in [-0.3, -0.25) is 14.9 Å². The third-order valence-electron chi connectivity index (χ3n) is 4.00. The quantitative estimate of drug-likeness (QED) is 0.473. The zero-order valence-corrected chi connectivity index (χ0v) is 14.6. The van der Waals surface area contributed by atoms with Crippen LogP contribution in [0, 0.1) is 10.1 Å². The molecule has 0 aromatic heterocycles. The average molecular weight is 412 g/mol. The van der Waals surface area contributed by atoms with Gasteiger partial charge in [0.2, 0.25) is 0 Å². The maximum absolute atomic E-state index is 12.6. The van der Waals surface area contributed by atoms with Gasteiger partial charge in [0.15, 0.2) is 6.10 Å². The number of nitro benzene ring substituents is 1. The lowest BCUT2D eigenvalue weighted by molar-refractivity contribution is -0.384. The predicted molar refractivity (Wildman–Crippen MR) is 92.8 cm³/mol. The van der Waals surface area contributed by atoms with E-state index in [4.69, 9.17) is 0 Å². The van der Waals surface area contributed by atoms with Crippen molar-refractivity contribution in [3.05, 3.63) is 75.3 Å². The van der Waals surface area contributed by atoms with Gasteiger partial charge in [0.05, 0.1) is 10.5 Å². The minimum Gasteiger partial charge on any atom is -0.480 e. The fourth-order valence-corrected chi connectivity index (χ4v) is 2.45. The molecular formula is C18H15F3N2O6. The molecule has 2 aromatic rings. The number of nitrogens with zero attached hydrogens (tertiary/aromatic N) is 1. The van der Waals surface area contributed by atoms with Crippen LogP contribution in [-0.4, -0.2) is 33.1 Å². The van der Waals surface area contributed by atoms with Crippen LogP contribution in [0.15, 0.2) is 48.5 Å². The van der Waals surface area contributed by atoms with E-state index in [1.54, 1.807) is 0 Å². The molecule has 0 aliphatic heterocycles. The van der Waals surface area contributed by atoms with Crippen molar-refractivity contribution < 1.29 is 37.9 Å². The first-order valence-corrected chi connectivity index (χ1v) is 8.10. The fourth-order valence-electron chi connectivity index (χ4n) is 2.45. The molecule has 8 nitrogen and oxygen atoms in total. The van der Waals surface area contributed by atoms with E-state index < -0.39 is 40.7 Å². The van der Waals surface area contributed by atoms with E-state index in [0.29, 0.717) is 17.7 Å². The third kappa shape index (κ3) is 5.75. The topological polar surface area (TPSA) is 130 Å². The summed E-state index contributed by atoms with van der Waals surface area (Å²) in [5.41, 5.74) is -0.917. The summed E-state index contributed by atoms with van der Waals surface area (Å²) < 4.78 is 37.7. The molecule has 2 rings (SSSR count). The maximum atomic E-state index is 12.6. The van der Waals surface area contributed by atoms with Gasteiger partial charge in [0.1, 0.15) is 6.04 Å². The first-order valence-electron chi connectivity index (χ1n) is 8.10. The molecule has 0 aliphatic rings. The number of non-ortho nitro benzene ring substituents is 1. The zero-order valence-electron chi connectivity index (χ0n) is 14.6. The number of rotatable bonds is 7. The van der Waals surface area contributed by atoms with Crippen LogP contribution in [0.5, 0.6) is 0 Å². The van der Waals surface area contributed by atoms with Gasteiger partial charge in [0, 0.05) is 18.6 Å². The van der Waals surface area contributed by atoms with Gasteiger partial charge >= 0.3 is 12.1 Å². The number of carboxylic acids is 1. The molecule has 11 heteroatoms. The van der Waals surface area contributed by atoms with E-state index in [1.165, 1.54) is 24.3 Å². The molecule has 0 fully saturated rings. The molecule has 0 heterocycles. The number of aliphatic carboxylic acids is 1. The van der Waals surface area contributed by atoms with E-state index in [9.17, 15) is 43.1 Å². The second-order valence-electron chi connectivity index (χ2n) is 6.05. The first kappa shape index (κ1) is 21.8. The van der Waals surface area contributed by atoms with Crippen molar-refractivity contribution in [1.29, 1.82) is 0 Å². The lowest BCUT2D eigenvalue weighted by atomic mass is 10.0. The number of carbonyl (C=O) groups excluding carboxylic acids is 1. The summed E-state index contributed by atoms with van der Waals surface area (Å²) in [5, 5.41) is 32.0. The second-order valence-corrected chi connectivity index (χ2v) is 6.05. The van der Waals surface area contributed by atoms with Crippen molar-refractivity contribution in [1.82, 2.24) is 5.32 Å². The van der Waals surface area contributed by atoms with Crippen molar-refractivity contribution in [2.45, 2.75) is 24.7 Å². The van der Waals surface area contributed by atoms with Crippen molar-refractivity contribution in [3.63, 3.8) is 0 Å². The molecule has 0 spiro atoms.